The maximum atomic E-state index is 12.0. The number of pyridine rings is 1. The Labute approximate surface area is 104 Å². The van der Waals surface area contributed by atoms with Crippen LogP contribution < -0.4 is 0 Å². The van der Waals surface area contributed by atoms with Crippen LogP contribution in [0.3, 0.4) is 0 Å². The Bertz CT molecular complexity index is 547. The minimum atomic E-state index is -5.13. The van der Waals surface area contributed by atoms with Gasteiger partial charge >= 0.3 is 12.1 Å². The molecule has 1 aromatic heterocycles. The number of halogens is 4. The summed E-state index contributed by atoms with van der Waals surface area (Å²) < 4.78 is 50.9. The summed E-state index contributed by atoms with van der Waals surface area (Å²) >= 11 is 3.06. The molecule has 94 valence electrons. The molecule has 0 aliphatic heterocycles. The zero-order valence-electron chi connectivity index (χ0n) is 8.36. The fraction of sp³-hybridized carbons (Fsp3) is 0.250. The fourth-order valence-electron chi connectivity index (χ4n) is 0.843. The molecule has 1 atom stereocenters. The first-order chi connectivity index (χ1) is 7.63. The van der Waals surface area contributed by atoms with Gasteiger partial charge < -0.3 is 0 Å². The second-order valence-electron chi connectivity index (χ2n) is 3.01. The molecule has 17 heavy (non-hydrogen) atoms. The number of nitrogens with zero attached hydrogens (tertiary/aromatic N) is 2. The number of amides is 1. The second-order valence-corrected chi connectivity index (χ2v) is 6.13. The van der Waals surface area contributed by atoms with Gasteiger partial charge in [-0.2, -0.15) is 13.2 Å². The van der Waals surface area contributed by atoms with Crippen molar-refractivity contribution in [1.29, 1.82) is 0 Å². The normalized spacial score (nSPS) is 15.1. The van der Waals surface area contributed by atoms with E-state index in [0.29, 0.717) is 4.47 Å². The smallest absolute Gasteiger partial charge is 0.261 e. The van der Waals surface area contributed by atoms with E-state index in [0.717, 1.165) is 6.26 Å². The average molecular weight is 331 g/mol. The molecule has 1 aromatic rings. The first-order valence-corrected chi connectivity index (χ1v) is 6.79. The molecule has 1 amide bonds. The monoisotopic (exact) mass is 330 g/mol. The highest BCUT2D eigenvalue weighted by molar-refractivity contribution is 9.10. The molecule has 1 rings (SSSR count). The van der Waals surface area contributed by atoms with Crippen LogP contribution in [0, 0.1) is 0 Å². The van der Waals surface area contributed by atoms with Gasteiger partial charge in [-0.3, -0.25) is 4.79 Å². The van der Waals surface area contributed by atoms with E-state index in [1.165, 1.54) is 18.3 Å². The predicted octanol–water partition coefficient (Wildman–Crippen LogP) is 2.39. The third-order valence-electron chi connectivity index (χ3n) is 1.59. The zero-order valence-corrected chi connectivity index (χ0v) is 10.8. The average Bonchev–Trinajstić information content (AvgIpc) is 2.16. The molecule has 0 bridgehead atoms. The molecular weight excluding hydrogens is 325 g/mol. The molecular formula is C8H6BrF3N2O2S. The summed E-state index contributed by atoms with van der Waals surface area (Å²) in [6, 6.07) is 2.68. The highest BCUT2D eigenvalue weighted by atomic mass is 79.9. The Hall–Kier alpha value is -0.960. The van der Waals surface area contributed by atoms with E-state index < -0.39 is 21.8 Å². The van der Waals surface area contributed by atoms with Crippen molar-refractivity contribution < 1.29 is 22.2 Å². The molecule has 0 fully saturated rings. The minimum absolute atomic E-state index is 0.182. The summed E-state index contributed by atoms with van der Waals surface area (Å²) in [5, 5.41) is -0.182. The lowest BCUT2D eigenvalue weighted by atomic mass is 10.5. The van der Waals surface area contributed by atoms with Gasteiger partial charge in [0.1, 0.15) is 5.03 Å². The molecule has 0 saturated heterocycles. The molecule has 9 heteroatoms. The van der Waals surface area contributed by atoms with Crippen LogP contribution in [0.25, 0.3) is 0 Å². The van der Waals surface area contributed by atoms with E-state index in [4.69, 9.17) is 0 Å². The van der Waals surface area contributed by atoms with E-state index in [-0.39, 0.29) is 5.03 Å². The van der Waals surface area contributed by atoms with Crippen molar-refractivity contribution in [2.24, 2.45) is 4.36 Å². The zero-order chi connectivity index (χ0) is 13.3. The molecule has 1 heterocycles. The second kappa shape index (κ2) is 4.73. The van der Waals surface area contributed by atoms with Gasteiger partial charge in [0.25, 0.3) is 0 Å². The lowest BCUT2D eigenvalue weighted by Crippen LogP contribution is -2.22. The van der Waals surface area contributed by atoms with Crippen molar-refractivity contribution in [3.05, 3.63) is 22.8 Å². The lowest BCUT2D eigenvalue weighted by molar-refractivity contribution is -0.169. The van der Waals surface area contributed by atoms with Crippen molar-refractivity contribution in [2.45, 2.75) is 11.2 Å². The van der Waals surface area contributed by atoms with Gasteiger partial charge in [-0.25, -0.2) is 9.19 Å². The van der Waals surface area contributed by atoms with Gasteiger partial charge in [0.2, 0.25) is 0 Å². The minimum Gasteiger partial charge on any atom is -0.261 e. The van der Waals surface area contributed by atoms with Gasteiger partial charge in [-0.1, -0.05) is 0 Å². The van der Waals surface area contributed by atoms with Gasteiger partial charge in [0, 0.05) is 16.9 Å². The Balaban J connectivity index is 3.20. The molecule has 0 spiro atoms. The van der Waals surface area contributed by atoms with Gasteiger partial charge in [-0.15, -0.1) is 4.36 Å². The Morgan fingerprint density at radius 3 is 2.47 bits per heavy atom. The predicted molar refractivity (Wildman–Crippen MR) is 57.8 cm³/mol. The van der Waals surface area contributed by atoms with Crippen LogP contribution in [-0.2, 0) is 14.5 Å². The summed E-state index contributed by atoms with van der Waals surface area (Å²) in [7, 11) is -3.49. The number of carbonyl (C=O) groups excluding carboxylic acids is 1. The number of carbonyl (C=O) groups is 1. The highest BCUT2D eigenvalue weighted by Crippen LogP contribution is 2.19. The standard InChI is InChI=1S/C8H6BrF3N2O2S/c1-17(16,14-7(15)8(10,11)12)6-3-2-5(9)4-13-6/h2-4H,1H3. The van der Waals surface area contributed by atoms with Crippen molar-refractivity contribution in [3.8, 4) is 0 Å². The van der Waals surface area contributed by atoms with Crippen molar-refractivity contribution in [1.82, 2.24) is 4.98 Å². The molecule has 0 radical (unpaired) electrons. The van der Waals surface area contributed by atoms with E-state index in [1.807, 2.05) is 0 Å². The van der Waals surface area contributed by atoms with Crippen molar-refractivity contribution in [3.63, 3.8) is 0 Å². The number of aromatic nitrogens is 1. The van der Waals surface area contributed by atoms with Gasteiger partial charge in [-0.05, 0) is 28.1 Å². The summed E-state index contributed by atoms with van der Waals surface area (Å²) in [5.41, 5.74) is 0. The van der Waals surface area contributed by atoms with E-state index in [2.05, 4.69) is 25.3 Å². The third-order valence-corrected chi connectivity index (χ3v) is 3.59. The van der Waals surface area contributed by atoms with E-state index in [9.17, 15) is 22.2 Å². The lowest BCUT2D eigenvalue weighted by Gasteiger charge is -2.04. The molecule has 4 nitrogen and oxygen atoms in total. The Kier molecular flexibility index (Phi) is 3.92. The van der Waals surface area contributed by atoms with Crippen LogP contribution in [0.15, 0.2) is 32.2 Å². The number of hydrogen-bond acceptors (Lipinski definition) is 3. The maximum absolute atomic E-state index is 12.0. The number of rotatable bonds is 1. The van der Waals surface area contributed by atoms with Crippen molar-refractivity contribution >= 4 is 31.6 Å². The molecule has 0 aliphatic rings. The van der Waals surface area contributed by atoms with Crippen LogP contribution >= 0.6 is 15.9 Å². The summed E-state index contributed by atoms with van der Waals surface area (Å²) in [6.07, 6.45) is -2.95. The fourth-order valence-corrected chi connectivity index (χ4v) is 2.16. The molecule has 1 unspecified atom stereocenters. The summed E-state index contributed by atoms with van der Waals surface area (Å²) in [5.74, 6) is -2.38. The maximum Gasteiger partial charge on any atom is 0.474 e. The van der Waals surface area contributed by atoms with Gasteiger partial charge in [0.15, 0.2) is 0 Å². The van der Waals surface area contributed by atoms with Crippen molar-refractivity contribution in [2.75, 3.05) is 6.26 Å². The Morgan fingerprint density at radius 1 is 1.47 bits per heavy atom. The molecule has 0 N–H and O–H groups in total. The SMILES string of the molecule is CS(=O)(=NC(=O)C(F)(F)F)c1ccc(Br)cn1. The number of hydrogen-bond donors (Lipinski definition) is 0. The first kappa shape index (κ1) is 14.1. The van der Waals surface area contributed by atoms with Crippen LogP contribution in [0.2, 0.25) is 0 Å². The van der Waals surface area contributed by atoms with Crippen LogP contribution in [0.5, 0.6) is 0 Å². The van der Waals surface area contributed by atoms with Crippen LogP contribution in [0.4, 0.5) is 13.2 Å². The summed E-state index contributed by atoms with van der Waals surface area (Å²) in [6.45, 7) is 0. The molecule has 0 saturated carbocycles. The summed E-state index contributed by atoms with van der Waals surface area (Å²) in [4.78, 5) is 14.3. The van der Waals surface area contributed by atoms with Gasteiger partial charge in [0.05, 0.1) is 9.73 Å². The first-order valence-electron chi connectivity index (χ1n) is 4.08. The highest BCUT2D eigenvalue weighted by Gasteiger charge is 2.39. The topological polar surface area (TPSA) is 59.4 Å². The van der Waals surface area contributed by atoms with E-state index in [1.54, 1.807) is 0 Å². The largest absolute Gasteiger partial charge is 0.474 e. The third kappa shape index (κ3) is 3.77. The van der Waals surface area contributed by atoms with E-state index >= 15 is 0 Å². The number of alkyl halides is 3. The molecule has 0 aromatic carbocycles. The quantitative estimate of drug-likeness (QED) is 0.794. The van der Waals surface area contributed by atoms with Crippen LogP contribution in [0.1, 0.15) is 0 Å². The Morgan fingerprint density at radius 2 is 2.06 bits per heavy atom. The van der Waals surface area contributed by atoms with Crippen LogP contribution in [-0.4, -0.2) is 27.5 Å². The molecule has 0 aliphatic carbocycles.